The maximum Gasteiger partial charge on any atom is 0.255 e. The third-order valence-corrected chi connectivity index (χ3v) is 4.98. The molecule has 0 bridgehead atoms. The van der Waals surface area contributed by atoms with Gasteiger partial charge in [0.2, 0.25) is 0 Å². The van der Waals surface area contributed by atoms with E-state index in [-0.39, 0.29) is 5.91 Å². The Morgan fingerprint density at radius 3 is 2.68 bits per heavy atom. The van der Waals surface area contributed by atoms with Gasteiger partial charge in [0.05, 0.1) is 11.3 Å². The van der Waals surface area contributed by atoms with E-state index in [0.717, 1.165) is 57.8 Å². The van der Waals surface area contributed by atoms with Crippen LogP contribution in [0.4, 0.5) is 5.69 Å². The molecule has 1 amide bonds. The van der Waals surface area contributed by atoms with E-state index in [4.69, 9.17) is 0 Å². The van der Waals surface area contributed by atoms with E-state index in [1.807, 2.05) is 29.2 Å². The summed E-state index contributed by atoms with van der Waals surface area (Å²) in [4.78, 5) is 21.4. The number of carbonyl (C=O) groups is 1. The van der Waals surface area contributed by atoms with Crippen molar-refractivity contribution in [2.24, 2.45) is 0 Å². The molecule has 1 aliphatic rings. The van der Waals surface area contributed by atoms with Crippen LogP contribution >= 0.6 is 0 Å². The van der Waals surface area contributed by atoms with Crippen LogP contribution in [0.1, 0.15) is 35.7 Å². The lowest BCUT2D eigenvalue weighted by molar-refractivity contribution is 0.0650. The summed E-state index contributed by atoms with van der Waals surface area (Å²) < 4.78 is 0. The first-order valence-corrected chi connectivity index (χ1v) is 10.2. The SMILES string of the molecule is CCCCNc1cncc(C(=O)N2CCN(C/C=C/c3ccccc3)CC2)c1. The molecule has 1 aliphatic heterocycles. The van der Waals surface area contributed by atoms with Crippen molar-refractivity contribution in [3.8, 4) is 0 Å². The molecule has 1 aromatic carbocycles. The zero-order valence-corrected chi connectivity index (χ0v) is 16.7. The van der Waals surface area contributed by atoms with Gasteiger partial charge in [-0.25, -0.2) is 0 Å². The van der Waals surface area contributed by atoms with Gasteiger partial charge in [-0.15, -0.1) is 0 Å². The zero-order chi connectivity index (χ0) is 19.6. The van der Waals surface area contributed by atoms with Crippen molar-refractivity contribution >= 4 is 17.7 Å². The number of hydrogen-bond donors (Lipinski definition) is 1. The summed E-state index contributed by atoms with van der Waals surface area (Å²) in [5.74, 6) is 0.0751. The molecule has 5 nitrogen and oxygen atoms in total. The van der Waals surface area contributed by atoms with Crippen molar-refractivity contribution in [2.45, 2.75) is 19.8 Å². The molecule has 0 spiro atoms. The van der Waals surface area contributed by atoms with E-state index < -0.39 is 0 Å². The molecule has 28 heavy (non-hydrogen) atoms. The molecule has 2 heterocycles. The van der Waals surface area contributed by atoms with Crippen molar-refractivity contribution in [2.75, 3.05) is 44.6 Å². The molecule has 1 aromatic heterocycles. The molecule has 148 valence electrons. The fourth-order valence-corrected chi connectivity index (χ4v) is 3.28. The minimum atomic E-state index is 0.0751. The summed E-state index contributed by atoms with van der Waals surface area (Å²) in [6, 6.07) is 12.2. The van der Waals surface area contributed by atoms with Crippen molar-refractivity contribution in [1.29, 1.82) is 0 Å². The van der Waals surface area contributed by atoms with Crippen LogP contribution in [-0.4, -0.2) is 60.0 Å². The zero-order valence-electron chi connectivity index (χ0n) is 16.7. The van der Waals surface area contributed by atoms with E-state index in [2.05, 4.69) is 46.4 Å². The predicted octanol–water partition coefficient (Wildman–Crippen LogP) is 3.76. The van der Waals surface area contributed by atoms with Gasteiger partial charge in [0.1, 0.15) is 0 Å². The smallest absolute Gasteiger partial charge is 0.255 e. The van der Waals surface area contributed by atoms with Gasteiger partial charge in [0.15, 0.2) is 0 Å². The van der Waals surface area contributed by atoms with Gasteiger partial charge in [-0.3, -0.25) is 14.7 Å². The summed E-state index contributed by atoms with van der Waals surface area (Å²) in [5, 5.41) is 3.34. The number of piperazine rings is 1. The molecule has 1 fully saturated rings. The minimum absolute atomic E-state index is 0.0751. The maximum atomic E-state index is 12.8. The lowest BCUT2D eigenvalue weighted by atomic mass is 10.2. The number of carbonyl (C=O) groups excluding carboxylic acids is 1. The van der Waals surface area contributed by atoms with E-state index in [1.165, 1.54) is 5.56 Å². The summed E-state index contributed by atoms with van der Waals surface area (Å²) in [5.41, 5.74) is 2.80. The molecule has 5 heteroatoms. The van der Waals surface area contributed by atoms with Crippen molar-refractivity contribution < 1.29 is 4.79 Å². The number of nitrogens with one attached hydrogen (secondary N) is 1. The molecule has 0 aliphatic carbocycles. The summed E-state index contributed by atoms with van der Waals surface area (Å²) in [6.07, 6.45) is 10.1. The first kappa shape index (κ1) is 20.1. The highest BCUT2D eigenvalue weighted by Gasteiger charge is 2.21. The highest BCUT2D eigenvalue weighted by Crippen LogP contribution is 2.13. The quantitative estimate of drug-likeness (QED) is 0.711. The molecule has 0 radical (unpaired) electrons. The van der Waals surface area contributed by atoms with Gasteiger partial charge in [0.25, 0.3) is 5.91 Å². The summed E-state index contributed by atoms with van der Waals surface area (Å²) >= 11 is 0. The van der Waals surface area contributed by atoms with Gasteiger partial charge >= 0.3 is 0 Å². The van der Waals surface area contributed by atoms with Crippen molar-refractivity contribution in [1.82, 2.24) is 14.8 Å². The Hall–Kier alpha value is -2.66. The molecule has 3 rings (SSSR count). The topological polar surface area (TPSA) is 48.5 Å². The molecule has 0 atom stereocenters. The second kappa shape index (κ2) is 10.6. The van der Waals surface area contributed by atoms with Crippen LogP contribution in [0.2, 0.25) is 0 Å². The van der Waals surface area contributed by atoms with Crippen LogP contribution in [-0.2, 0) is 0 Å². The Labute approximate surface area is 168 Å². The predicted molar refractivity (Wildman–Crippen MR) is 115 cm³/mol. The lowest BCUT2D eigenvalue weighted by Crippen LogP contribution is -2.48. The highest BCUT2D eigenvalue weighted by atomic mass is 16.2. The Balaban J connectivity index is 1.47. The lowest BCUT2D eigenvalue weighted by Gasteiger charge is -2.34. The van der Waals surface area contributed by atoms with Crippen molar-refractivity contribution in [3.05, 3.63) is 66.0 Å². The number of anilines is 1. The fourth-order valence-electron chi connectivity index (χ4n) is 3.28. The number of rotatable bonds is 8. The van der Waals surface area contributed by atoms with Gasteiger partial charge < -0.3 is 10.2 Å². The van der Waals surface area contributed by atoms with Crippen molar-refractivity contribution in [3.63, 3.8) is 0 Å². The largest absolute Gasteiger partial charge is 0.384 e. The first-order chi connectivity index (χ1) is 13.8. The standard InChI is InChI=1S/C23H30N4O/c1-2-3-11-25-22-17-21(18-24-19-22)23(28)27-15-13-26(14-16-27)12-7-10-20-8-5-4-6-9-20/h4-10,17-19,25H,2-3,11-16H2,1H3/b10-7+. The molecule has 1 N–H and O–H groups in total. The van der Waals surface area contributed by atoms with Gasteiger partial charge in [-0.2, -0.15) is 0 Å². The molecule has 2 aromatic rings. The molecular weight excluding hydrogens is 348 g/mol. The average molecular weight is 379 g/mol. The van der Waals surface area contributed by atoms with Gasteiger partial charge in [0, 0.05) is 51.7 Å². The third kappa shape index (κ3) is 5.92. The average Bonchev–Trinajstić information content (AvgIpc) is 2.75. The molecule has 1 saturated heterocycles. The first-order valence-electron chi connectivity index (χ1n) is 10.2. The van der Waals surface area contributed by atoms with Crippen LogP contribution in [0.5, 0.6) is 0 Å². The monoisotopic (exact) mass is 378 g/mol. The minimum Gasteiger partial charge on any atom is -0.384 e. The van der Waals surface area contributed by atoms with Crippen LogP contribution in [0.3, 0.4) is 0 Å². The fraction of sp³-hybridized carbons (Fsp3) is 0.391. The van der Waals surface area contributed by atoms with Crippen LogP contribution in [0, 0.1) is 0 Å². The second-order valence-electron chi connectivity index (χ2n) is 7.15. The van der Waals surface area contributed by atoms with Gasteiger partial charge in [-0.05, 0) is 18.1 Å². The number of unbranched alkanes of at least 4 members (excludes halogenated alkanes) is 1. The van der Waals surface area contributed by atoms with Gasteiger partial charge in [-0.1, -0.05) is 55.8 Å². The van der Waals surface area contributed by atoms with Crippen LogP contribution < -0.4 is 5.32 Å². The number of aromatic nitrogens is 1. The summed E-state index contributed by atoms with van der Waals surface area (Å²) in [7, 11) is 0. The number of nitrogens with zero attached hydrogens (tertiary/aromatic N) is 3. The number of pyridine rings is 1. The van der Waals surface area contributed by atoms with Crippen LogP contribution in [0.25, 0.3) is 6.08 Å². The number of amides is 1. The molecule has 0 unspecified atom stereocenters. The normalized spacial score (nSPS) is 15.1. The van der Waals surface area contributed by atoms with E-state index in [9.17, 15) is 4.79 Å². The Morgan fingerprint density at radius 2 is 1.93 bits per heavy atom. The van der Waals surface area contributed by atoms with E-state index >= 15 is 0 Å². The molecule has 0 saturated carbocycles. The number of hydrogen-bond acceptors (Lipinski definition) is 4. The summed E-state index contributed by atoms with van der Waals surface area (Å²) in [6.45, 7) is 7.29. The second-order valence-corrected chi connectivity index (χ2v) is 7.15. The maximum absolute atomic E-state index is 12.8. The van der Waals surface area contributed by atoms with E-state index in [0.29, 0.717) is 5.56 Å². The number of benzene rings is 1. The Morgan fingerprint density at radius 1 is 1.14 bits per heavy atom. The molecular formula is C23H30N4O. The Kier molecular flexibility index (Phi) is 7.62. The highest BCUT2D eigenvalue weighted by molar-refractivity contribution is 5.94. The Bertz CT molecular complexity index is 767. The van der Waals surface area contributed by atoms with Crippen LogP contribution in [0.15, 0.2) is 54.9 Å². The third-order valence-electron chi connectivity index (χ3n) is 4.98. The van der Waals surface area contributed by atoms with E-state index in [1.54, 1.807) is 12.4 Å².